The third-order valence-electron chi connectivity index (χ3n) is 6.59. The zero-order valence-corrected chi connectivity index (χ0v) is 20.4. The van der Waals surface area contributed by atoms with Gasteiger partial charge in [0.25, 0.3) is 0 Å². The Morgan fingerprint density at radius 2 is 2.03 bits per heavy atom. The summed E-state index contributed by atoms with van der Waals surface area (Å²) in [6.07, 6.45) is 3.17. The van der Waals surface area contributed by atoms with E-state index >= 15 is 0 Å². The van der Waals surface area contributed by atoms with Crippen molar-refractivity contribution in [3.63, 3.8) is 0 Å². The smallest absolute Gasteiger partial charge is 0.306 e. The molecule has 3 heterocycles. The van der Waals surface area contributed by atoms with E-state index in [0.717, 1.165) is 52.8 Å². The molecule has 0 radical (unpaired) electrons. The summed E-state index contributed by atoms with van der Waals surface area (Å²) in [5, 5.41) is 3.61. The molecule has 5 rings (SSSR count). The molecule has 2 aromatic carbocycles. The summed E-state index contributed by atoms with van der Waals surface area (Å²) >= 11 is 0. The molecule has 0 saturated carbocycles. The fourth-order valence-electron chi connectivity index (χ4n) is 4.83. The SMILES string of the molecule is CCCN(c1cc(C)ccn1)c1cccc2c1OC[C@H]2Nc1ccc2c(c1)OC[C@H]2CC(=O)OC. The number of carbonyl (C=O) groups excluding carboxylic acids is 1. The highest BCUT2D eigenvalue weighted by atomic mass is 16.5. The molecule has 0 bridgehead atoms. The first-order chi connectivity index (χ1) is 17.1. The van der Waals surface area contributed by atoms with Crippen LogP contribution in [0.25, 0.3) is 0 Å². The molecule has 35 heavy (non-hydrogen) atoms. The molecule has 0 fully saturated rings. The van der Waals surface area contributed by atoms with Gasteiger partial charge in [0.05, 0.1) is 31.9 Å². The van der Waals surface area contributed by atoms with Gasteiger partial charge in [-0.25, -0.2) is 4.98 Å². The summed E-state index contributed by atoms with van der Waals surface area (Å²) in [6, 6.07) is 16.5. The summed E-state index contributed by atoms with van der Waals surface area (Å²) in [7, 11) is 1.41. The molecule has 0 spiro atoms. The standard InChI is InChI=1S/C28H31N3O4/c1-4-12-31(26-13-18(2)10-11-29-26)24-7-5-6-22-23(17-35-28(22)24)30-20-8-9-21-19(14-27(32)33-3)16-34-25(21)15-20/h5-11,13,15,19,23,30H,4,12,14,16-17H2,1-3H3/t19-,23-/m1/s1. The van der Waals surface area contributed by atoms with E-state index in [-0.39, 0.29) is 17.9 Å². The first-order valence-electron chi connectivity index (χ1n) is 12.1. The fraction of sp³-hybridized carbons (Fsp3) is 0.357. The van der Waals surface area contributed by atoms with Crippen molar-refractivity contribution in [2.75, 3.05) is 37.1 Å². The van der Waals surface area contributed by atoms with Crippen LogP contribution in [0.5, 0.6) is 11.5 Å². The maximum absolute atomic E-state index is 11.7. The number of pyridine rings is 1. The molecular formula is C28H31N3O4. The molecule has 0 amide bonds. The van der Waals surface area contributed by atoms with Crippen molar-refractivity contribution in [1.29, 1.82) is 0 Å². The third-order valence-corrected chi connectivity index (χ3v) is 6.59. The van der Waals surface area contributed by atoms with E-state index in [1.165, 1.54) is 12.7 Å². The summed E-state index contributed by atoms with van der Waals surface area (Å²) in [5.74, 6) is 2.46. The van der Waals surface area contributed by atoms with Crippen molar-refractivity contribution >= 4 is 23.2 Å². The molecule has 7 heteroatoms. The predicted octanol–water partition coefficient (Wildman–Crippen LogP) is 5.52. The monoisotopic (exact) mass is 473 g/mol. The number of anilines is 3. The minimum atomic E-state index is -0.220. The summed E-state index contributed by atoms with van der Waals surface area (Å²) in [6.45, 7) is 6.13. The molecule has 1 aromatic heterocycles. The Balaban J connectivity index is 1.38. The van der Waals surface area contributed by atoms with Gasteiger partial charge >= 0.3 is 5.97 Å². The van der Waals surface area contributed by atoms with Crippen molar-refractivity contribution in [2.24, 2.45) is 0 Å². The predicted molar refractivity (Wildman–Crippen MR) is 136 cm³/mol. The number of nitrogens with zero attached hydrogens (tertiary/aromatic N) is 2. The number of nitrogens with one attached hydrogen (secondary N) is 1. The first-order valence-corrected chi connectivity index (χ1v) is 12.1. The average molecular weight is 474 g/mol. The van der Waals surface area contributed by atoms with Gasteiger partial charge in [0.2, 0.25) is 0 Å². The topological polar surface area (TPSA) is 72.9 Å². The Kier molecular flexibility index (Phi) is 6.49. The number of hydrogen-bond donors (Lipinski definition) is 1. The quantitative estimate of drug-likeness (QED) is 0.432. The number of carbonyl (C=O) groups is 1. The molecule has 2 aliphatic rings. The van der Waals surface area contributed by atoms with Crippen molar-refractivity contribution < 1.29 is 19.0 Å². The lowest BCUT2D eigenvalue weighted by Crippen LogP contribution is -2.19. The summed E-state index contributed by atoms with van der Waals surface area (Å²) in [5.41, 5.74) is 5.35. The lowest BCUT2D eigenvalue weighted by Gasteiger charge is -2.25. The highest BCUT2D eigenvalue weighted by Gasteiger charge is 2.30. The zero-order valence-electron chi connectivity index (χ0n) is 20.4. The third kappa shape index (κ3) is 4.63. The van der Waals surface area contributed by atoms with Gasteiger partial charge in [0.1, 0.15) is 23.9 Å². The molecule has 182 valence electrons. The minimum Gasteiger partial charge on any atom is -0.493 e. The highest BCUT2D eigenvalue weighted by Crippen LogP contribution is 2.44. The Morgan fingerprint density at radius 1 is 1.14 bits per heavy atom. The summed E-state index contributed by atoms with van der Waals surface area (Å²) < 4.78 is 16.9. The van der Waals surface area contributed by atoms with Crippen molar-refractivity contribution in [3.05, 3.63) is 71.4 Å². The molecule has 2 aliphatic heterocycles. The van der Waals surface area contributed by atoms with Crippen LogP contribution in [0, 0.1) is 6.92 Å². The van der Waals surface area contributed by atoms with Crippen LogP contribution in [-0.2, 0) is 9.53 Å². The largest absolute Gasteiger partial charge is 0.493 e. The highest BCUT2D eigenvalue weighted by molar-refractivity contribution is 5.72. The van der Waals surface area contributed by atoms with E-state index in [2.05, 4.69) is 53.3 Å². The van der Waals surface area contributed by atoms with E-state index in [1.807, 2.05) is 30.5 Å². The van der Waals surface area contributed by atoms with E-state index in [1.54, 1.807) is 0 Å². The maximum atomic E-state index is 11.7. The van der Waals surface area contributed by atoms with Gasteiger partial charge in [-0.15, -0.1) is 0 Å². The number of aryl methyl sites for hydroxylation is 1. The van der Waals surface area contributed by atoms with E-state index < -0.39 is 0 Å². The average Bonchev–Trinajstić information content (AvgIpc) is 3.46. The Morgan fingerprint density at radius 3 is 2.83 bits per heavy atom. The van der Waals surface area contributed by atoms with Gasteiger partial charge in [-0.05, 0) is 43.2 Å². The van der Waals surface area contributed by atoms with Gasteiger partial charge in [-0.1, -0.05) is 25.1 Å². The lowest BCUT2D eigenvalue weighted by atomic mass is 9.97. The Bertz CT molecular complexity index is 1230. The van der Waals surface area contributed by atoms with Gasteiger partial charge in [0, 0.05) is 41.5 Å². The number of fused-ring (bicyclic) bond motifs is 2. The number of ether oxygens (including phenoxy) is 3. The molecular weight excluding hydrogens is 442 g/mol. The van der Waals surface area contributed by atoms with E-state index in [0.29, 0.717) is 19.6 Å². The zero-order chi connectivity index (χ0) is 24.4. The van der Waals surface area contributed by atoms with Crippen LogP contribution in [0.1, 0.15) is 48.4 Å². The number of methoxy groups -OCH3 is 1. The fourth-order valence-corrected chi connectivity index (χ4v) is 4.83. The van der Waals surface area contributed by atoms with Crippen molar-refractivity contribution in [2.45, 2.75) is 38.6 Å². The van der Waals surface area contributed by atoms with Crippen LogP contribution in [0.4, 0.5) is 17.2 Å². The minimum absolute atomic E-state index is 0.0178. The molecule has 1 N–H and O–H groups in total. The first kappa shape index (κ1) is 23.0. The Labute approximate surface area is 206 Å². The van der Waals surface area contributed by atoms with Crippen molar-refractivity contribution in [1.82, 2.24) is 4.98 Å². The molecule has 0 unspecified atom stereocenters. The molecule has 0 saturated heterocycles. The Hall–Kier alpha value is -3.74. The van der Waals surface area contributed by atoms with Gasteiger partial charge in [-0.2, -0.15) is 0 Å². The van der Waals surface area contributed by atoms with Crippen LogP contribution < -0.4 is 19.7 Å². The maximum Gasteiger partial charge on any atom is 0.306 e. The van der Waals surface area contributed by atoms with Gasteiger partial charge < -0.3 is 24.4 Å². The number of hydrogen-bond acceptors (Lipinski definition) is 7. The molecule has 3 aromatic rings. The van der Waals surface area contributed by atoms with Crippen LogP contribution in [-0.4, -0.2) is 37.8 Å². The second kappa shape index (κ2) is 9.86. The number of rotatable bonds is 8. The van der Waals surface area contributed by atoms with E-state index in [9.17, 15) is 4.79 Å². The van der Waals surface area contributed by atoms with Crippen LogP contribution in [0.3, 0.4) is 0 Å². The van der Waals surface area contributed by atoms with Crippen molar-refractivity contribution in [3.8, 4) is 11.5 Å². The number of aromatic nitrogens is 1. The van der Waals surface area contributed by atoms with Gasteiger partial charge in [0.15, 0.2) is 0 Å². The van der Waals surface area contributed by atoms with Crippen LogP contribution >= 0.6 is 0 Å². The second-order valence-electron chi connectivity index (χ2n) is 9.09. The second-order valence-corrected chi connectivity index (χ2v) is 9.09. The summed E-state index contributed by atoms with van der Waals surface area (Å²) in [4.78, 5) is 18.6. The number of benzene rings is 2. The lowest BCUT2D eigenvalue weighted by molar-refractivity contribution is -0.141. The number of esters is 1. The molecule has 2 atom stereocenters. The van der Waals surface area contributed by atoms with Gasteiger partial charge in [-0.3, -0.25) is 4.79 Å². The van der Waals surface area contributed by atoms with E-state index in [4.69, 9.17) is 14.2 Å². The van der Waals surface area contributed by atoms with Crippen LogP contribution in [0.2, 0.25) is 0 Å². The molecule has 7 nitrogen and oxygen atoms in total. The normalized spacial score (nSPS) is 17.7. The molecule has 0 aliphatic carbocycles. The van der Waals surface area contributed by atoms with Crippen LogP contribution in [0.15, 0.2) is 54.7 Å². The number of para-hydroxylation sites is 1.